The average molecular weight is 337 g/mol. The number of hydrogen-bond donors (Lipinski definition) is 2. The summed E-state index contributed by atoms with van der Waals surface area (Å²) in [5.74, 6) is 4.19. The van der Waals surface area contributed by atoms with Crippen molar-refractivity contribution in [3.63, 3.8) is 0 Å². The quantitative estimate of drug-likeness (QED) is 0.879. The fraction of sp³-hybridized carbons (Fsp3) is 0.750. The van der Waals surface area contributed by atoms with E-state index in [-0.39, 0.29) is 12.1 Å². The van der Waals surface area contributed by atoms with Gasteiger partial charge in [-0.2, -0.15) is 16.9 Å². The van der Waals surface area contributed by atoms with Gasteiger partial charge < -0.3 is 15.5 Å². The Labute approximate surface area is 142 Å². The van der Waals surface area contributed by atoms with Crippen LogP contribution in [0.2, 0.25) is 0 Å². The van der Waals surface area contributed by atoms with Gasteiger partial charge in [0.2, 0.25) is 0 Å². The second kappa shape index (κ2) is 7.47. The summed E-state index contributed by atoms with van der Waals surface area (Å²) in [7, 11) is 1.98. The maximum Gasteiger partial charge on any atom is 0.315 e. The Balaban J connectivity index is 1.48. The number of urea groups is 1. The topological polar surface area (TPSA) is 62.2 Å². The number of anilines is 1. The Morgan fingerprint density at radius 3 is 3.04 bits per heavy atom. The number of hydrogen-bond acceptors (Lipinski definition) is 4. The molecule has 128 valence electrons. The minimum atomic E-state index is -0.0186. The Morgan fingerprint density at radius 1 is 1.48 bits per heavy atom. The maximum absolute atomic E-state index is 12.1. The highest BCUT2D eigenvalue weighted by atomic mass is 32.2. The molecule has 0 aromatic carbocycles. The molecule has 0 radical (unpaired) electrons. The van der Waals surface area contributed by atoms with Gasteiger partial charge in [-0.1, -0.05) is 0 Å². The average Bonchev–Trinajstić information content (AvgIpc) is 3.15. The van der Waals surface area contributed by atoms with Crippen LogP contribution in [0.3, 0.4) is 0 Å². The third-order valence-electron chi connectivity index (χ3n) is 4.63. The summed E-state index contributed by atoms with van der Waals surface area (Å²) < 4.78 is 1.93. The molecule has 2 atom stereocenters. The number of rotatable bonds is 4. The van der Waals surface area contributed by atoms with Crippen LogP contribution in [0.25, 0.3) is 0 Å². The van der Waals surface area contributed by atoms with Crippen LogP contribution in [-0.4, -0.2) is 53.0 Å². The van der Waals surface area contributed by atoms with Crippen LogP contribution in [0, 0.1) is 12.8 Å². The Hall–Kier alpha value is -1.37. The van der Waals surface area contributed by atoms with Crippen LogP contribution in [0.5, 0.6) is 0 Å². The summed E-state index contributed by atoms with van der Waals surface area (Å²) in [5.41, 5.74) is 1.03. The lowest BCUT2D eigenvalue weighted by molar-refractivity contribution is 0.233. The van der Waals surface area contributed by atoms with E-state index in [1.165, 1.54) is 17.9 Å². The van der Waals surface area contributed by atoms with E-state index in [9.17, 15) is 4.79 Å². The molecule has 2 fully saturated rings. The number of carbonyl (C=O) groups excluding carboxylic acids is 1. The van der Waals surface area contributed by atoms with E-state index in [0.29, 0.717) is 5.92 Å². The Kier molecular flexibility index (Phi) is 5.35. The van der Waals surface area contributed by atoms with Gasteiger partial charge in [-0.15, -0.1) is 0 Å². The van der Waals surface area contributed by atoms with E-state index in [0.717, 1.165) is 44.0 Å². The van der Waals surface area contributed by atoms with E-state index in [1.807, 2.05) is 30.4 Å². The number of piperidine rings is 1. The molecule has 2 N–H and O–H groups in total. The van der Waals surface area contributed by atoms with Crippen molar-refractivity contribution in [3.8, 4) is 0 Å². The van der Waals surface area contributed by atoms with Crippen LogP contribution >= 0.6 is 11.8 Å². The molecule has 7 heteroatoms. The fourth-order valence-corrected chi connectivity index (χ4v) is 4.70. The van der Waals surface area contributed by atoms with Crippen molar-refractivity contribution in [2.45, 2.75) is 32.2 Å². The van der Waals surface area contributed by atoms with Gasteiger partial charge in [0, 0.05) is 38.8 Å². The number of carbonyl (C=O) groups is 1. The van der Waals surface area contributed by atoms with Gasteiger partial charge in [-0.25, -0.2) is 4.79 Å². The van der Waals surface area contributed by atoms with E-state index >= 15 is 0 Å². The van der Waals surface area contributed by atoms with Crippen molar-refractivity contribution in [2.75, 3.05) is 36.0 Å². The van der Waals surface area contributed by atoms with Crippen LogP contribution in [0.15, 0.2) is 6.07 Å². The number of amides is 2. The lowest BCUT2D eigenvalue weighted by Gasteiger charge is -2.34. The molecule has 3 rings (SSSR count). The van der Waals surface area contributed by atoms with E-state index in [4.69, 9.17) is 0 Å². The molecule has 2 saturated heterocycles. The number of nitrogens with zero attached hydrogens (tertiary/aromatic N) is 3. The second-order valence-corrected chi connectivity index (χ2v) is 7.79. The summed E-state index contributed by atoms with van der Waals surface area (Å²) in [6, 6.07) is 2.30. The summed E-state index contributed by atoms with van der Waals surface area (Å²) in [6.45, 7) is 4.69. The molecule has 2 aliphatic rings. The zero-order valence-corrected chi connectivity index (χ0v) is 14.9. The SMILES string of the molecule is Cc1cc(N2CCC[C@H](NC(=O)NC[C@@H]3CCSC3)C2)n(C)n1. The predicted octanol–water partition coefficient (Wildman–Crippen LogP) is 1.75. The van der Waals surface area contributed by atoms with Gasteiger partial charge in [-0.05, 0) is 43.6 Å². The molecule has 3 heterocycles. The molecule has 0 spiro atoms. The number of aromatic nitrogens is 2. The fourth-order valence-electron chi connectivity index (χ4n) is 3.41. The lowest BCUT2D eigenvalue weighted by atomic mass is 10.1. The largest absolute Gasteiger partial charge is 0.355 e. The predicted molar refractivity (Wildman–Crippen MR) is 95.1 cm³/mol. The Bertz CT molecular complexity index is 541. The van der Waals surface area contributed by atoms with Crippen LogP contribution in [-0.2, 0) is 7.05 Å². The van der Waals surface area contributed by atoms with Crippen LogP contribution in [0.4, 0.5) is 10.6 Å². The van der Waals surface area contributed by atoms with Gasteiger partial charge in [-0.3, -0.25) is 4.68 Å². The first kappa shape index (κ1) is 16.5. The number of nitrogens with one attached hydrogen (secondary N) is 2. The smallest absolute Gasteiger partial charge is 0.315 e. The lowest BCUT2D eigenvalue weighted by Crippen LogP contribution is -2.51. The van der Waals surface area contributed by atoms with Gasteiger partial charge in [0.05, 0.1) is 5.69 Å². The molecule has 23 heavy (non-hydrogen) atoms. The molecule has 1 aromatic heterocycles. The van der Waals surface area contributed by atoms with Crippen LogP contribution < -0.4 is 15.5 Å². The zero-order chi connectivity index (χ0) is 16.2. The summed E-state index contributed by atoms with van der Waals surface area (Å²) >= 11 is 1.98. The first-order valence-corrected chi connectivity index (χ1v) is 9.65. The van der Waals surface area contributed by atoms with E-state index in [1.54, 1.807) is 0 Å². The molecule has 6 nitrogen and oxygen atoms in total. The van der Waals surface area contributed by atoms with Crippen molar-refractivity contribution < 1.29 is 4.79 Å². The minimum absolute atomic E-state index is 0.0186. The molecule has 0 saturated carbocycles. The third kappa shape index (κ3) is 4.34. The normalized spacial score (nSPS) is 24.7. The van der Waals surface area contributed by atoms with E-state index < -0.39 is 0 Å². The summed E-state index contributed by atoms with van der Waals surface area (Å²) in [6.07, 6.45) is 3.36. The molecule has 0 bridgehead atoms. The third-order valence-corrected chi connectivity index (χ3v) is 5.86. The second-order valence-electron chi connectivity index (χ2n) is 6.64. The van der Waals surface area contributed by atoms with Gasteiger partial charge in [0.1, 0.15) is 5.82 Å². The van der Waals surface area contributed by atoms with Gasteiger partial charge in [0.15, 0.2) is 0 Å². The highest BCUT2D eigenvalue weighted by molar-refractivity contribution is 7.99. The van der Waals surface area contributed by atoms with Gasteiger partial charge >= 0.3 is 6.03 Å². The maximum atomic E-state index is 12.1. The van der Waals surface area contributed by atoms with Crippen LogP contribution in [0.1, 0.15) is 25.0 Å². The van der Waals surface area contributed by atoms with Gasteiger partial charge in [0.25, 0.3) is 0 Å². The highest BCUT2D eigenvalue weighted by Gasteiger charge is 2.24. The summed E-state index contributed by atoms with van der Waals surface area (Å²) in [4.78, 5) is 14.4. The minimum Gasteiger partial charge on any atom is -0.355 e. The molecule has 0 unspecified atom stereocenters. The zero-order valence-electron chi connectivity index (χ0n) is 14.0. The number of aryl methyl sites for hydroxylation is 2. The molecule has 0 aliphatic carbocycles. The molecule has 2 amide bonds. The monoisotopic (exact) mass is 337 g/mol. The molecule has 1 aromatic rings. The molecular weight excluding hydrogens is 310 g/mol. The summed E-state index contributed by atoms with van der Waals surface area (Å²) in [5, 5.41) is 10.6. The van der Waals surface area contributed by atoms with Crippen molar-refractivity contribution in [1.29, 1.82) is 0 Å². The van der Waals surface area contributed by atoms with Crippen molar-refractivity contribution in [3.05, 3.63) is 11.8 Å². The van der Waals surface area contributed by atoms with Crippen molar-refractivity contribution in [1.82, 2.24) is 20.4 Å². The van der Waals surface area contributed by atoms with E-state index in [2.05, 4.69) is 26.7 Å². The standard InChI is InChI=1S/C16H27N5OS/c1-12-8-15(20(2)19-12)21-6-3-4-14(10-21)18-16(22)17-9-13-5-7-23-11-13/h8,13-14H,3-7,9-11H2,1-2H3,(H2,17,18,22)/t13-,14-/m0/s1. The van der Waals surface area contributed by atoms with Crippen molar-refractivity contribution in [2.24, 2.45) is 13.0 Å². The first-order valence-electron chi connectivity index (χ1n) is 8.49. The number of thioether (sulfide) groups is 1. The highest BCUT2D eigenvalue weighted by Crippen LogP contribution is 2.22. The van der Waals surface area contributed by atoms with Crippen molar-refractivity contribution >= 4 is 23.6 Å². The molecule has 2 aliphatic heterocycles. The Morgan fingerprint density at radius 2 is 2.35 bits per heavy atom. The molecular formula is C16H27N5OS. The first-order chi connectivity index (χ1) is 11.1.